The summed E-state index contributed by atoms with van der Waals surface area (Å²) >= 11 is 0. The summed E-state index contributed by atoms with van der Waals surface area (Å²) in [7, 11) is 0. The Bertz CT molecular complexity index is 1030. The molecule has 1 amide bonds. The third-order valence-electron chi connectivity index (χ3n) is 5.32. The SMILES string of the molecule is O=C(O)c1ccccc1CN(C(=O)c1ccc2ccccc2c1)[C@@H]1CCNC1. The van der Waals surface area contributed by atoms with Crippen LogP contribution >= 0.6 is 0 Å². The van der Waals surface area contributed by atoms with Crippen LogP contribution in [0.5, 0.6) is 0 Å². The van der Waals surface area contributed by atoms with Gasteiger partial charge >= 0.3 is 5.97 Å². The van der Waals surface area contributed by atoms with Crippen LogP contribution in [-0.2, 0) is 6.54 Å². The Morgan fingerprint density at radius 1 is 1.00 bits per heavy atom. The molecule has 4 rings (SSSR count). The molecule has 1 atom stereocenters. The Labute approximate surface area is 163 Å². The van der Waals surface area contributed by atoms with Crippen LogP contribution in [0.25, 0.3) is 10.8 Å². The Morgan fingerprint density at radius 2 is 1.75 bits per heavy atom. The number of amides is 1. The van der Waals surface area contributed by atoms with Crippen molar-refractivity contribution in [3.63, 3.8) is 0 Å². The lowest BCUT2D eigenvalue weighted by molar-refractivity contribution is 0.0653. The molecule has 1 aliphatic rings. The van der Waals surface area contributed by atoms with E-state index in [1.165, 1.54) is 0 Å². The normalized spacial score (nSPS) is 16.2. The van der Waals surface area contributed by atoms with Gasteiger partial charge in [-0.3, -0.25) is 4.79 Å². The molecule has 28 heavy (non-hydrogen) atoms. The molecule has 3 aromatic carbocycles. The van der Waals surface area contributed by atoms with Gasteiger partial charge in [0.2, 0.25) is 0 Å². The molecule has 1 aliphatic heterocycles. The molecule has 1 fully saturated rings. The highest BCUT2D eigenvalue weighted by molar-refractivity contribution is 5.99. The smallest absolute Gasteiger partial charge is 0.336 e. The number of carbonyl (C=O) groups excluding carboxylic acids is 1. The van der Waals surface area contributed by atoms with E-state index < -0.39 is 5.97 Å². The molecular weight excluding hydrogens is 352 g/mol. The summed E-state index contributed by atoms with van der Waals surface area (Å²) in [5, 5.41) is 14.9. The minimum Gasteiger partial charge on any atom is -0.478 e. The van der Waals surface area contributed by atoms with E-state index >= 15 is 0 Å². The monoisotopic (exact) mass is 374 g/mol. The van der Waals surface area contributed by atoms with Gasteiger partial charge in [0.1, 0.15) is 0 Å². The first-order chi connectivity index (χ1) is 13.6. The van der Waals surface area contributed by atoms with Crippen LogP contribution in [0, 0.1) is 0 Å². The van der Waals surface area contributed by atoms with Gasteiger partial charge in [0, 0.05) is 24.7 Å². The highest BCUT2D eigenvalue weighted by Crippen LogP contribution is 2.22. The molecule has 5 nitrogen and oxygen atoms in total. The molecule has 3 aromatic rings. The number of aromatic carboxylic acids is 1. The van der Waals surface area contributed by atoms with Crippen molar-refractivity contribution in [3.05, 3.63) is 83.4 Å². The van der Waals surface area contributed by atoms with Crippen molar-refractivity contribution in [1.82, 2.24) is 10.2 Å². The first-order valence-corrected chi connectivity index (χ1v) is 9.45. The summed E-state index contributed by atoms with van der Waals surface area (Å²) in [5.41, 5.74) is 1.51. The maximum Gasteiger partial charge on any atom is 0.336 e. The summed E-state index contributed by atoms with van der Waals surface area (Å²) in [6.45, 7) is 1.85. The zero-order valence-corrected chi connectivity index (χ0v) is 15.5. The lowest BCUT2D eigenvalue weighted by atomic mass is 10.0. The van der Waals surface area contributed by atoms with Crippen molar-refractivity contribution in [2.75, 3.05) is 13.1 Å². The number of carboxylic acid groups (broad SMARTS) is 1. The van der Waals surface area contributed by atoms with Crippen molar-refractivity contribution in [2.45, 2.75) is 19.0 Å². The Balaban J connectivity index is 1.69. The molecular formula is C23H22N2O3. The number of carboxylic acids is 1. The predicted molar refractivity (Wildman–Crippen MR) is 108 cm³/mol. The lowest BCUT2D eigenvalue weighted by Crippen LogP contribution is -2.41. The fraction of sp³-hybridized carbons (Fsp3) is 0.217. The summed E-state index contributed by atoms with van der Waals surface area (Å²) in [6.07, 6.45) is 0.856. The second-order valence-electron chi connectivity index (χ2n) is 7.10. The average Bonchev–Trinajstić information content (AvgIpc) is 3.26. The number of nitrogens with one attached hydrogen (secondary N) is 1. The lowest BCUT2D eigenvalue weighted by Gasteiger charge is -2.29. The number of fused-ring (bicyclic) bond motifs is 1. The fourth-order valence-corrected chi connectivity index (χ4v) is 3.81. The number of nitrogens with zero attached hydrogens (tertiary/aromatic N) is 1. The fourth-order valence-electron chi connectivity index (χ4n) is 3.81. The zero-order valence-electron chi connectivity index (χ0n) is 15.5. The molecule has 0 aliphatic carbocycles. The Morgan fingerprint density at radius 3 is 2.50 bits per heavy atom. The van der Waals surface area contributed by atoms with E-state index in [4.69, 9.17) is 0 Å². The molecule has 142 valence electrons. The van der Waals surface area contributed by atoms with Gasteiger partial charge in [-0.25, -0.2) is 4.79 Å². The number of rotatable bonds is 5. The topological polar surface area (TPSA) is 69.6 Å². The predicted octanol–water partition coefficient (Wildman–Crippen LogP) is 3.54. The van der Waals surface area contributed by atoms with Gasteiger partial charge in [-0.15, -0.1) is 0 Å². The molecule has 0 spiro atoms. The van der Waals surface area contributed by atoms with Crippen LogP contribution in [0.2, 0.25) is 0 Å². The number of hydrogen-bond donors (Lipinski definition) is 2. The zero-order chi connectivity index (χ0) is 19.5. The maximum atomic E-state index is 13.4. The van der Waals surface area contributed by atoms with E-state index in [9.17, 15) is 14.7 Å². The first-order valence-electron chi connectivity index (χ1n) is 9.45. The average molecular weight is 374 g/mol. The van der Waals surface area contributed by atoms with E-state index in [1.54, 1.807) is 18.2 Å². The molecule has 0 bridgehead atoms. The summed E-state index contributed by atoms with van der Waals surface area (Å²) in [6, 6.07) is 20.6. The minimum atomic E-state index is -0.974. The van der Waals surface area contributed by atoms with E-state index in [-0.39, 0.29) is 24.1 Å². The molecule has 2 N–H and O–H groups in total. The third-order valence-corrected chi connectivity index (χ3v) is 5.32. The second kappa shape index (κ2) is 7.82. The molecule has 0 aromatic heterocycles. The van der Waals surface area contributed by atoms with Crippen LogP contribution in [0.3, 0.4) is 0 Å². The van der Waals surface area contributed by atoms with Gasteiger partial charge in [-0.05, 0) is 47.5 Å². The molecule has 1 saturated heterocycles. The van der Waals surface area contributed by atoms with Gasteiger partial charge in [-0.2, -0.15) is 0 Å². The van der Waals surface area contributed by atoms with Crippen molar-refractivity contribution in [1.29, 1.82) is 0 Å². The second-order valence-corrected chi connectivity index (χ2v) is 7.10. The minimum absolute atomic E-state index is 0.0424. The molecule has 5 heteroatoms. The highest BCUT2D eigenvalue weighted by Gasteiger charge is 2.28. The molecule has 1 heterocycles. The molecule has 0 unspecified atom stereocenters. The van der Waals surface area contributed by atoms with Crippen LogP contribution in [0.15, 0.2) is 66.7 Å². The van der Waals surface area contributed by atoms with Gasteiger partial charge in [0.25, 0.3) is 5.91 Å². The van der Waals surface area contributed by atoms with E-state index in [0.717, 1.165) is 23.7 Å². The van der Waals surface area contributed by atoms with Crippen molar-refractivity contribution < 1.29 is 14.7 Å². The number of hydrogen-bond acceptors (Lipinski definition) is 3. The quantitative estimate of drug-likeness (QED) is 0.717. The van der Waals surface area contributed by atoms with Crippen LogP contribution < -0.4 is 5.32 Å². The third kappa shape index (κ3) is 3.62. The van der Waals surface area contributed by atoms with Gasteiger partial charge in [0.05, 0.1) is 5.56 Å². The van der Waals surface area contributed by atoms with E-state index in [0.29, 0.717) is 17.7 Å². The largest absolute Gasteiger partial charge is 0.478 e. The van der Waals surface area contributed by atoms with E-state index in [1.807, 2.05) is 53.4 Å². The summed E-state index contributed by atoms with van der Waals surface area (Å²) in [5.74, 6) is -1.04. The molecule has 0 radical (unpaired) electrons. The summed E-state index contributed by atoms with van der Waals surface area (Å²) < 4.78 is 0. The van der Waals surface area contributed by atoms with Gasteiger partial charge < -0.3 is 15.3 Å². The Kier molecular flexibility index (Phi) is 5.08. The van der Waals surface area contributed by atoms with Crippen molar-refractivity contribution in [2.24, 2.45) is 0 Å². The Hall–Kier alpha value is -3.18. The van der Waals surface area contributed by atoms with Crippen molar-refractivity contribution >= 4 is 22.6 Å². The summed E-state index contributed by atoms with van der Waals surface area (Å²) in [4.78, 5) is 26.8. The molecule has 0 saturated carbocycles. The van der Waals surface area contributed by atoms with Crippen LogP contribution in [0.4, 0.5) is 0 Å². The number of carbonyl (C=O) groups is 2. The van der Waals surface area contributed by atoms with Gasteiger partial charge in [-0.1, -0.05) is 48.5 Å². The maximum absolute atomic E-state index is 13.4. The van der Waals surface area contributed by atoms with E-state index in [2.05, 4.69) is 5.32 Å². The number of benzene rings is 3. The van der Waals surface area contributed by atoms with Gasteiger partial charge in [0.15, 0.2) is 0 Å². The van der Waals surface area contributed by atoms with Crippen LogP contribution in [-0.4, -0.2) is 41.0 Å². The van der Waals surface area contributed by atoms with Crippen molar-refractivity contribution in [3.8, 4) is 0 Å². The highest BCUT2D eigenvalue weighted by atomic mass is 16.4. The van der Waals surface area contributed by atoms with Crippen LogP contribution in [0.1, 0.15) is 32.7 Å². The first kappa shape index (κ1) is 18.2. The standard InChI is InChI=1S/C23H22N2O3/c26-22(18-10-9-16-5-1-2-6-17(16)13-18)25(20-11-12-24-14-20)15-19-7-3-4-8-21(19)23(27)28/h1-10,13,20,24H,11-12,14-15H2,(H,27,28)/t20-/m1/s1.